The highest BCUT2D eigenvalue weighted by Crippen LogP contribution is 2.35. The van der Waals surface area contributed by atoms with Crippen LogP contribution >= 0.6 is 27.7 Å². The van der Waals surface area contributed by atoms with Crippen LogP contribution in [0.3, 0.4) is 0 Å². The van der Waals surface area contributed by atoms with E-state index in [0.29, 0.717) is 22.8 Å². The van der Waals surface area contributed by atoms with E-state index in [1.807, 2.05) is 24.3 Å². The molecule has 2 heterocycles. The van der Waals surface area contributed by atoms with Crippen LogP contribution in [-0.2, 0) is 23.0 Å². The van der Waals surface area contributed by atoms with Gasteiger partial charge in [-0.2, -0.15) is 0 Å². The molecule has 8 nitrogen and oxygen atoms in total. The standard InChI is InChI=1S/C19H16BrN5O3S/c1-19(10-11-5-3-4-6-13(11)16(26)28-19)17(27)21-14-9-12(20)7-8-15(14)29-18-22-23-24-25(18)2/h3-9H,10H2,1-2H3,(H,21,27). The first kappa shape index (κ1) is 19.6. The number of nitrogens with zero attached hydrogens (tertiary/aromatic N) is 4. The molecule has 1 aromatic heterocycles. The maximum atomic E-state index is 13.1. The molecule has 0 saturated carbocycles. The van der Waals surface area contributed by atoms with Crippen molar-refractivity contribution in [3.63, 3.8) is 0 Å². The summed E-state index contributed by atoms with van der Waals surface area (Å²) in [5.41, 5.74) is 0.525. The van der Waals surface area contributed by atoms with Gasteiger partial charge in [-0.25, -0.2) is 9.48 Å². The van der Waals surface area contributed by atoms with Gasteiger partial charge in [-0.05, 0) is 58.9 Å². The van der Waals surface area contributed by atoms with Crippen molar-refractivity contribution in [2.75, 3.05) is 5.32 Å². The Hall–Kier alpha value is -2.72. The predicted octanol–water partition coefficient (Wildman–Crippen LogP) is 3.23. The lowest BCUT2D eigenvalue weighted by molar-refractivity contribution is -0.134. The molecule has 0 aliphatic carbocycles. The number of benzene rings is 2. The van der Waals surface area contributed by atoms with Crippen LogP contribution in [0.15, 0.2) is 57.0 Å². The summed E-state index contributed by atoms with van der Waals surface area (Å²) in [6, 6.07) is 12.6. The van der Waals surface area contributed by atoms with Crippen LogP contribution in [0.4, 0.5) is 5.69 Å². The van der Waals surface area contributed by atoms with Crippen molar-refractivity contribution in [2.45, 2.75) is 29.0 Å². The molecule has 0 saturated heterocycles. The predicted molar refractivity (Wildman–Crippen MR) is 110 cm³/mol. The Morgan fingerprint density at radius 2 is 2.10 bits per heavy atom. The van der Waals surface area contributed by atoms with E-state index < -0.39 is 17.5 Å². The molecule has 0 bridgehead atoms. The van der Waals surface area contributed by atoms with Crippen LogP contribution in [0.5, 0.6) is 0 Å². The van der Waals surface area contributed by atoms with E-state index in [0.717, 1.165) is 14.9 Å². The highest BCUT2D eigenvalue weighted by Gasteiger charge is 2.42. The number of carbonyl (C=O) groups excluding carboxylic acids is 2. The Kier molecular flexibility index (Phi) is 5.13. The van der Waals surface area contributed by atoms with Crippen molar-refractivity contribution in [3.05, 3.63) is 58.1 Å². The number of hydrogen-bond acceptors (Lipinski definition) is 7. The third-order valence-corrected chi connectivity index (χ3v) is 6.13. The number of carbonyl (C=O) groups is 2. The molecule has 0 fully saturated rings. The smallest absolute Gasteiger partial charge is 0.339 e. The van der Waals surface area contributed by atoms with Gasteiger partial charge in [0.1, 0.15) is 0 Å². The molecule has 3 aromatic rings. The third-order valence-electron chi connectivity index (χ3n) is 4.54. The molecule has 1 amide bonds. The lowest BCUT2D eigenvalue weighted by atomic mass is 9.89. The number of cyclic esters (lactones) is 1. The van der Waals surface area contributed by atoms with Gasteiger partial charge in [-0.15, -0.1) is 5.10 Å². The molecule has 10 heteroatoms. The summed E-state index contributed by atoms with van der Waals surface area (Å²) in [6.07, 6.45) is 0.296. The Morgan fingerprint density at radius 1 is 1.31 bits per heavy atom. The summed E-state index contributed by atoms with van der Waals surface area (Å²) in [6.45, 7) is 1.62. The highest BCUT2D eigenvalue weighted by atomic mass is 79.9. The first-order chi connectivity index (χ1) is 13.9. The fourth-order valence-corrected chi connectivity index (χ4v) is 4.17. The van der Waals surface area contributed by atoms with Crippen LogP contribution in [0.25, 0.3) is 0 Å². The van der Waals surface area contributed by atoms with Gasteiger partial charge in [0.25, 0.3) is 5.91 Å². The summed E-state index contributed by atoms with van der Waals surface area (Å²) < 4.78 is 7.86. The number of nitrogens with one attached hydrogen (secondary N) is 1. The Labute approximate surface area is 179 Å². The van der Waals surface area contributed by atoms with Crippen molar-refractivity contribution in [2.24, 2.45) is 7.05 Å². The van der Waals surface area contributed by atoms with E-state index >= 15 is 0 Å². The molecule has 1 aliphatic heterocycles. The van der Waals surface area contributed by atoms with Gasteiger partial charge in [0.2, 0.25) is 5.16 Å². The molecule has 148 valence electrons. The van der Waals surface area contributed by atoms with Crippen LogP contribution < -0.4 is 5.32 Å². The molecule has 1 N–H and O–H groups in total. The first-order valence-electron chi connectivity index (χ1n) is 8.68. The molecule has 4 rings (SSSR count). The number of aryl methyl sites for hydroxylation is 1. The minimum absolute atomic E-state index is 0.296. The number of amides is 1. The van der Waals surface area contributed by atoms with E-state index in [1.165, 1.54) is 11.8 Å². The van der Waals surface area contributed by atoms with Crippen molar-refractivity contribution in [3.8, 4) is 0 Å². The van der Waals surface area contributed by atoms with Gasteiger partial charge >= 0.3 is 5.97 Å². The number of rotatable bonds is 4. The monoisotopic (exact) mass is 473 g/mol. The number of fused-ring (bicyclic) bond motifs is 1. The first-order valence-corrected chi connectivity index (χ1v) is 10.3. The Balaban J connectivity index is 1.61. The van der Waals surface area contributed by atoms with E-state index in [4.69, 9.17) is 4.74 Å². The number of halogens is 1. The highest BCUT2D eigenvalue weighted by molar-refractivity contribution is 9.10. The quantitative estimate of drug-likeness (QED) is 0.580. The molecule has 1 aliphatic rings. The summed E-state index contributed by atoms with van der Waals surface area (Å²) in [4.78, 5) is 26.3. The van der Waals surface area contributed by atoms with Gasteiger partial charge in [0.05, 0.1) is 11.3 Å². The summed E-state index contributed by atoms with van der Waals surface area (Å²) >= 11 is 4.74. The number of esters is 1. The van der Waals surface area contributed by atoms with E-state index in [9.17, 15) is 9.59 Å². The van der Waals surface area contributed by atoms with Gasteiger partial charge in [0, 0.05) is 22.8 Å². The van der Waals surface area contributed by atoms with Gasteiger partial charge in [-0.1, -0.05) is 34.1 Å². The molecule has 2 aromatic carbocycles. The second-order valence-electron chi connectivity index (χ2n) is 6.74. The van der Waals surface area contributed by atoms with Crippen molar-refractivity contribution in [1.29, 1.82) is 0 Å². The number of anilines is 1. The normalized spacial score (nSPS) is 18.1. The van der Waals surface area contributed by atoms with Crippen LogP contribution in [0.1, 0.15) is 22.8 Å². The van der Waals surface area contributed by atoms with Crippen molar-refractivity contribution in [1.82, 2.24) is 20.2 Å². The van der Waals surface area contributed by atoms with Gasteiger partial charge in [0.15, 0.2) is 5.60 Å². The van der Waals surface area contributed by atoms with Crippen LogP contribution in [0, 0.1) is 0 Å². The van der Waals surface area contributed by atoms with E-state index in [2.05, 4.69) is 36.8 Å². The van der Waals surface area contributed by atoms with Crippen LogP contribution in [0.2, 0.25) is 0 Å². The minimum Gasteiger partial charge on any atom is -0.445 e. The fourth-order valence-electron chi connectivity index (χ4n) is 3.01. The van der Waals surface area contributed by atoms with Crippen LogP contribution in [-0.4, -0.2) is 37.7 Å². The second-order valence-corrected chi connectivity index (χ2v) is 8.66. The molecular weight excluding hydrogens is 458 g/mol. The van der Waals surface area contributed by atoms with E-state index in [1.54, 1.807) is 36.9 Å². The molecule has 1 atom stereocenters. The number of hydrogen-bond donors (Lipinski definition) is 1. The number of aromatic nitrogens is 4. The average Bonchev–Trinajstić information content (AvgIpc) is 3.08. The van der Waals surface area contributed by atoms with Crippen molar-refractivity contribution < 1.29 is 14.3 Å². The summed E-state index contributed by atoms with van der Waals surface area (Å²) in [7, 11) is 1.74. The average molecular weight is 474 g/mol. The second kappa shape index (κ2) is 7.60. The topological polar surface area (TPSA) is 99.0 Å². The molecule has 0 spiro atoms. The fraction of sp³-hybridized carbons (Fsp3) is 0.211. The lowest BCUT2D eigenvalue weighted by Crippen LogP contribution is -2.49. The molecule has 0 radical (unpaired) electrons. The summed E-state index contributed by atoms with van der Waals surface area (Å²) in [5.74, 6) is -0.908. The molecule has 1 unspecified atom stereocenters. The maximum Gasteiger partial charge on any atom is 0.339 e. The zero-order valence-electron chi connectivity index (χ0n) is 15.5. The minimum atomic E-state index is -1.32. The zero-order valence-corrected chi connectivity index (χ0v) is 18.0. The number of tetrazole rings is 1. The largest absolute Gasteiger partial charge is 0.445 e. The Bertz CT molecular complexity index is 1120. The third kappa shape index (κ3) is 3.90. The Morgan fingerprint density at radius 3 is 2.86 bits per heavy atom. The number of ether oxygens (including phenoxy) is 1. The molecule has 29 heavy (non-hydrogen) atoms. The maximum absolute atomic E-state index is 13.1. The zero-order chi connectivity index (χ0) is 20.6. The SMILES string of the molecule is Cn1nnnc1Sc1ccc(Br)cc1NC(=O)C1(C)Cc2ccccc2C(=O)O1. The van der Waals surface area contributed by atoms with E-state index in [-0.39, 0.29) is 0 Å². The van der Waals surface area contributed by atoms with Crippen molar-refractivity contribution >= 4 is 45.3 Å². The summed E-state index contributed by atoms with van der Waals surface area (Å²) in [5, 5.41) is 14.9. The van der Waals surface area contributed by atoms with Gasteiger partial charge < -0.3 is 10.1 Å². The van der Waals surface area contributed by atoms with Gasteiger partial charge in [-0.3, -0.25) is 4.79 Å². The lowest BCUT2D eigenvalue weighted by Gasteiger charge is -2.33. The molecular formula is C19H16BrN5O3S.